The fourth-order valence-corrected chi connectivity index (χ4v) is 6.38. The fourth-order valence-electron chi connectivity index (χ4n) is 5.69. The molecule has 0 spiro atoms. The van der Waals surface area contributed by atoms with E-state index in [-0.39, 0.29) is 29.5 Å². The standard InChI is InChI=1S/C41H50N2O8S/c1-7-14-33(45)41(5,6)35-19-12-16-28-23-27(28)15-8-11-22-37-43-30(25-52-37)39(47)50-34(40(3,4)26(2)44)20-13-18-32-31(49-32)17-9-10-21-36-42-29(24-48-36)38(46)51-35/h7-18,21-22,24-28,31-35,44-45H,19-20,23H2,1-6H3/b14-7+,15-8+,16-12-,17-9+,18-13-,21-10-,22-11-/t26?,27?,28?,31-,32+,33-,34-,35-/m0/s1. The predicted octanol–water partition coefficient (Wildman–Crippen LogP) is 7.70. The van der Waals surface area contributed by atoms with Crippen molar-refractivity contribution < 1.29 is 38.4 Å². The summed E-state index contributed by atoms with van der Waals surface area (Å²) in [4.78, 5) is 35.1. The number of rotatable bonds is 5. The molecular formula is C41H50N2O8S. The lowest BCUT2D eigenvalue weighted by Gasteiger charge is -2.36. The van der Waals surface area contributed by atoms with E-state index in [0.717, 1.165) is 6.42 Å². The number of nitrogens with zero attached hydrogens (tertiary/aromatic N) is 2. The lowest BCUT2D eigenvalue weighted by molar-refractivity contribution is -0.0545. The molecule has 2 aromatic heterocycles. The Balaban J connectivity index is 1.34. The van der Waals surface area contributed by atoms with Crippen LogP contribution in [-0.4, -0.2) is 68.7 Å². The van der Waals surface area contributed by atoms with Gasteiger partial charge >= 0.3 is 11.9 Å². The smallest absolute Gasteiger partial charge is 0.360 e. The van der Waals surface area contributed by atoms with Gasteiger partial charge in [0.15, 0.2) is 11.4 Å². The summed E-state index contributed by atoms with van der Waals surface area (Å²) in [5, 5.41) is 23.8. The van der Waals surface area contributed by atoms with Crippen molar-refractivity contribution in [2.45, 2.75) is 97.4 Å². The first kappa shape index (κ1) is 39.1. The molecule has 278 valence electrons. The van der Waals surface area contributed by atoms with Crippen LogP contribution < -0.4 is 0 Å². The number of esters is 2. The van der Waals surface area contributed by atoms with E-state index >= 15 is 0 Å². The van der Waals surface area contributed by atoms with Crippen LogP contribution in [0.1, 0.15) is 92.7 Å². The van der Waals surface area contributed by atoms with Crippen LogP contribution in [0.5, 0.6) is 0 Å². The van der Waals surface area contributed by atoms with Crippen molar-refractivity contribution in [2.75, 3.05) is 0 Å². The van der Waals surface area contributed by atoms with Gasteiger partial charge < -0.3 is 28.8 Å². The molecule has 2 aliphatic heterocycles. The number of carbonyl (C=O) groups excluding carboxylic acids is 2. The molecule has 4 heterocycles. The zero-order valence-corrected chi connectivity index (χ0v) is 31.4. The number of hydrogen-bond donors (Lipinski definition) is 2. The van der Waals surface area contributed by atoms with Gasteiger partial charge in [0, 0.05) is 35.1 Å². The van der Waals surface area contributed by atoms with E-state index < -0.39 is 47.2 Å². The van der Waals surface area contributed by atoms with E-state index in [1.165, 1.54) is 17.6 Å². The number of allylic oxidation sites excluding steroid dienone is 7. The highest BCUT2D eigenvalue weighted by atomic mass is 32.1. The minimum absolute atomic E-state index is 0.0431. The molecule has 1 aliphatic carbocycles. The number of ether oxygens (including phenoxy) is 3. The van der Waals surface area contributed by atoms with Crippen molar-refractivity contribution in [3.8, 4) is 0 Å². The maximum Gasteiger partial charge on any atom is 0.360 e. The number of aromatic nitrogens is 2. The highest BCUT2D eigenvalue weighted by Crippen LogP contribution is 2.41. The van der Waals surface area contributed by atoms with E-state index in [4.69, 9.17) is 18.6 Å². The molecule has 8 atom stereocenters. The molecule has 0 aromatic carbocycles. The second-order valence-electron chi connectivity index (χ2n) is 14.7. The largest absolute Gasteiger partial charge is 0.457 e. The van der Waals surface area contributed by atoms with Crippen molar-refractivity contribution in [1.29, 1.82) is 0 Å². The van der Waals surface area contributed by atoms with Gasteiger partial charge in [-0.15, -0.1) is 11.3 Å². The van der Waals surface area contributed by atoms with E-state index in [2.05, 4.69) is 22.1 Å². The maximum atomic E-state index is 13.2. The first-order valence-corrected chi connectivity index (χ1v) is 18.7. The summed E-state index contributed by atoms with van der Waals surface area (Å²) in [5.41, 5.74) is -1.22. The van der Waals surface area contributed by atoms with Crippen molar-refractivity contribution in [2.24, 2.45) is 22.7 Å². The monoisotopic (exact) mass is 730 g/mol. The number of cyclic esters (lactones) is 2. The van der Waals surface area contributed by atoms with Crippen LogP contribution in [0.3, 0.4) is 0 Å². The topological polar surface area (TPSA) is 145 Å². The van der Waals surface area contributed by atoms with Crippen molar-refractivity contribution in [3.05, 3.63) is 107 Å². The summed E-state index contributed by atoms with van der Waals surface area (Å²) in [6.07, 6.45) is 26.5. The van der Waals surface area contributed by atoms with Gasteiger partial charge in [-0.05, 0) is 38.2 Å². The third-order valence-electron chi connectivity index (χ3n) is 10.1. The molecule has 52 heavy (non-hydrogen) atoms. The molecule has 4 bridgehead atoms. The summed E-state index contributed by atoms with van der Waals surface area (Å²) in [5.74, 6) is -0.180. The zero-order chi connectivity index (χ0) is 37.5. The lowest BCUT2D eigenvalue weighted by Crippen LogP contribution is -2.42. The van der Waals surface area contributed by atoms with Gasteiger partial charge in [-0.3, -0.25) is 0 Å². The Bertz CT molecular complexity index is 1760. The molecule has 1 saturated carbocycles. The van der Waals surface area contributed by atoms with Gasteiger partial charge in [-0.25, -0.2) is 19.6 Å². The van der Waals surface area contributed by atoms with Crippen LogP contribution >= 0.6 is 11.3 Å². The van der Waals surface area contributed by atoms with Gasteiger partial charge in [0.05, 0.1) is 12.2 Å². The van der Waals surface area contributed by atoms with Crippen LogP contribution in [0, 0.1) is 22.7 Å². The molecule has 11 heteroatoms. The fraction of sp³-hybridized carbons (Fsp3) is 0.463. The quantitative estimate of drug-likeness (QED) is 0.178. The van der Waals surface area contributed by atoms with Gasteiger partial charge in [-0.1, -0.05) is 101 Å². The summed E-state index contributed by atoms with van der Waals surface area (Å²) in [6.45, 7) is 11.0. The molecule has 2 fully saturated rings. The van der Waals surface area contributed by atoms with E-state index in [0.29, 0.717) is 29.7 Å². The minimum Gasteiger partial charge on any atom is -0.457 e. The molecule has 10 nitrogen and oxygen atoms in total. The Hall–Kier alpha value is -4.16. The van der Waals surface area contributed by atoms with Crippen LogP contribution in [0.15, 0.2) is 89.0 Å². The van der Waals surface area contributed by atoms with E-state index in [9.17, 15) is 19.8 Å². The average Bonchev–Trinajstić information content (AvgIpc) is 3.89. The highest BCUT2D eigenvalue weighted by molar-refractivity contribution is 7.10. The van der Waals surface area contributed by atoms with Crippen molar-refractivity contribution >= 4 is 35.4 Å². The number of thiazole rings is 1. The van der Waals surface area contributed by atoms with Gasteiger partial charge in [-0.2, -0.15) is 0 Å². The lowest BCUT2D eigenvalue weighted by atomic mass is 9.79. The molecule has 2 N–H and O–H groups in total. The first-order chi connectivity index (χ1) is 24.8. The van der Waals surface area contributed by atoms with Gasteiger partial charge in [0.1, 0.15) is 35.7 Å². The van der Waals surface area contributed by atoms with Gasteiger partial charge in [0.2, 0.25) is 5.89 Å². The van der Waals surface area contributed by atoms with Crippen LogP contribution in [0.2, 0.25) is 0 Å². The summed E-state index contributed by atoms with van der Waals surface area (Å²) >= 11 is 1.36. The maximum absolute atomic E-state index is 13.2. The number of oxazole rings is 1. The molecule has 5 rings (SSSR count). The Labute approximate surface area is 310 Å². The molecular weight excluding hydrogens is 681 g/mol. The van der Waals surface area contributed by atoms with Crippen LogP contribution in [-0.2, 0) is 14.2 Å². The van der Waals surface area contributed by atoms with Crippen molar-refractivity contribution in [3.63, 3.8) is 0 Å². The third-order valence-corrected chi connectivity index (χ3v) is 10.9. The van der Waals surface area contributed by atoms with Crippen molar-refractivity contribution in [1.82, 2.24) is 9.97 Å². The Morgan fingerprint density at radius 3 is 2.19 bits per heavy atom. The van der Waals surface area contributed by atoms with Crippen LogP contribution in [0.4, 0.5) is 0 Å². The number of hydrogen-bond acceptors (Lipinski definition) is 11. The predicted molar refractivity (Wildman–Crippen MR) is 201 cm³/mol. The molecule has 3 unspecified atom stereocenters. The molecule has 3 aliphatic rings. The Morgan fingerprint density at radius 1 is 0.827 bits per heavy atom. The number of fused-ring (bicyclic) bond motifs is 6. The van der Waals surface area contributed by atoms with E-state index in [1.807, 2.05) is 83.2 Å². The zero-order valence-electron chi connectivity index (χ0n) is 30.6. The van der Waals surface area contributed by atoms with Crippen LogP contribution in [0.25, 0.3) is 12.2 Å². The Morgan fingerprint density at radius 2 is 1.46 bits per heavy atom. The number of aliphatic hydroxyl groups is 2. The van der Waals surface area contributed by atoms with Gasteiger partial charge in [0.25, 0.3) is 0 Å². The number of epoxide rings is 1. The second kappa shape index (κ2) is 17.1. The highest BCUT2D eigenvalue weighted by Gasteiger charge is 2.40. The Kier molecular flexibility index (Phi) is 12.9. The minimum atomic E-state index is -0.832. The summed E-state index contributed by atoms with van der Waals surface area (Å²) in [7, 11) is 0. The molecule has 2 aromatic rings. The second-order valence-corrected chi connectivity index (χ2v) is 15.6. The molecule has 0 radical (unpaired) electrons. The molecule has 0 amide bonds. The summed E-state index contributed by atoms with van der Waals surface area (Å²) in [6, 6.07) is 0. The molecule has 1 saturated heterocycles. The normalized spacial score (nSPS) is 31.1. The third kappa shape index (κ3) is 10.2. The van der Waals surface area contributed by atoms with E-state index in [1.54, 1.807) is 36.6 Å². The summed E-state index contributed by atoms with van der Waals surface area (Å²) < 4.78 is 23.1. The average molecular weight is 731 g/mol. The SMILES string of the molecule is C/C=C/[C@H](O)C(C)(C)[C@@H]1C/C=C\C2CC2/C=C/C=C\c2nc(cs2)C(=O)O[C@H](C(C)(C)C(C)O)C/C=C\[C@H]2O[C@H]2/C=C/C=C\c2nc(co2)C(=O)O1. The number of aliphatic hydroxyl groups excluding tert-OH is 2. The number of carbonyl (C=O) groups is 2. The first-order valence-electron chi connectivity index (χ1n) is 17.8.